The number of benzene rings is 2. The Hall–Kier alpha value is -2.60. The summed E-state index contributed by atoms with van der Waals surface area (Å²) >= 11 is 3.32. The van der Waals surface area contributed by atoms with Gasteiger partial charge in [0.2, 0.25) is 0 Å². The fourth-order valence-corrected chi connectivity index (χ4v) is 2.13. The molecule has 0 aromatic heterocycles. The van der Waals surface area contributed by atoms with Gasteiger partial charge in [-0.15, -0.1) is 0 Å². The molecule has 0 aliphatic rings. The van der Waals surface area contributed by atoms with Crippen LogP contribution in [0.4, 0.5) is 0 Å². The monoisotopic (exact) mass is 374 g/mol. The molecule has 118 valence electrons. The number of carbonyl (C=O) groups is 1. The lowest BCUT2D eigenvalue weighted by atomic mass is 10.2. The van der Waals surface area contributed by atoms with E-state index in [4.69, 9.17) is 4.74 Å². The van der Waals surface area contributed by atoms with E-state index in [1.54, 1.807) is 48.5 Å². The van der Waals surface area contributed by atoms with Crippen LogP contribution in [0.2, 0.25) is 0 Å². The molecule has 0 spiro atoms. The molecule has 2 rings (SSSR count). The van der Waals surface area contributed by atoms with E-state index in [1.807, 2.05) is 0 Å². The summed E-state index contributed by atoms with van der Waals surface area (Å²) in [6, 6.07) is 11.8. The van der Waals surface area contributed by atoms with Crippen LogP contribution in [0.1, 0.15) is 15.9 Å². The number of hydrogen-bond acceptors (Lipinski definition) is 4. The molecule has 0 heterocycles. The van der Waals surface area contributed by atoms with Crippen molar-refractivity contribution in [1.82, 2.24) is 5.43 Å². The standard InChI is InChI=1S/C17H15BrN2O3/c1-2-9-23-16-8-7-13(18)10-14(16)17(22)20-19-11-12-5-3-4-6-15(12)21/h2-8,10-11,21H,1,9H2,(H,20,22)/b19-11-. The lowest BCUT2D eigenvalue weighted by Gasteiger charge is -2.09. The van der Waals surface area contributed by atoms with Crippen molar-refractivity contribution < 1.29 is 14.6 Å². The van der Waals surface area contributed by atoms with Crippen LogP contribution in [-0.4, -0.2) is 23.8 Å². The predicted octanol–water partition coefficient (Wildman–Crippen LogP) is 3.48. The zero-order valence-corrected chi connectivity index (χ0v) is 13.8. The topological polar surface area (TPSA) is 70.9 Å². The molecule has 1 amide bonds. The summed E-state index contributed by atoms with van der Waals surface area (Å²) in [7, 11) is 0. The van der Waals surface area contributed by atoms with Gasteiger partial charge in [-0.05, 0) is 30.3 Å². The first-order valence-corrected chi connectivity index (χ1v) is 7.55. The van der Waals surface area contributed by atoms with Crippen LogP contribution in [0.5, 0.6) is 11.5 Å². The molecular weight excluding hydrogens is 360 g/mol. The van der Waals surface area contributed by atoms with Crippen LogP contribution in [-0.2, 0) is 0 Å². The summed E-state index contributed by atoms with van der Waals surface area (Å²) in [6.07, 6.45) is 2.97. The number of phenolic OH excluding ortho intramolecular Hbond substituents is 1. The van der Waals surface area contributed by atoms with Crippen LogP contribution in [0.15, 0.2) is 64.7 Å². The first-order valence-electron chi connectivity index (χ1n) is 6.76. The van der Waals surface area contributed by atoms with E-state index >= 15 is 0 Å². The van der Waals surface area contributed by atoms with E-state index in [-0.39, 0.29) is 5.75 Å². The van der Waals surface area contributed by atoms with E-state index in [0.29, 0.717) is 23.5 Å². The minimum absolute atomic E-state index is 0.0861. The number of ether oxygens (including phenoxy) is 1. The number of nitrogens with one attached hydrogen (secondary N) is 1. The molecule has 5 nitrogen and oxygen atoms in total. The van der Waals surface area contributed by atoms with Gasteiger partial charge in [0.1, 0.15) is 18.1 Å². The summed E-state index contributed by atoms with van der Waals surface area (Å²) in [4.78, 5) is 12.2. The van der Waals surface area contributed by atoms with E-state index in [1.165, 1.54) is 6.21 Å². The van der Waals surface area contributed by atoms with Gasteiger partial charge < -0.3 is 9.84 Å². The molecule has 6 heteroatoms. The highest BCUT2D eigenvalue weighted by atomic mass is 79.9. The van der Waals surface area contributed by atoms with E-state index in [0.717, 1.165) is 4.47 Å². The average Bonchev–Trinajstić information content (AvgIpc) is 2.55. The molecule has 0 radical (unpaired) electrons. The van der Waals surface area contributed by atoms with Gasteiger partial charge in [0.15, 0.2) is 0 Å². The van der Waals surface area contributed by atoms with Gasteiger partial charge >= 0.3 is 0 Å². The van der Waals surface area contributed by atoms with Crippen molar-refractivity contribution in [2.75, 3.05) is 6.61 Å². The Balaban J connectivity index is 2.12. The third-order valence-corrected chi connectivity index (χ3v) is 3.34. The fourth-order valence-electron chi connectivity index (χ4n) is 1.77. The number of rotatable bonds is 6. The van der Waals surface area contributed by atoms with Gasteiger partial charge in [-0.3, -0.25) is 4.79 Å². The smallest absolute Gasteiger partial charge is 0.275 e. The number of amides is 1. The van der Waals surface area contributed by atoms with Crippen LogP contribution < -0.4 is 10.2 Å². The maximum absolute atomic E-state index is 12.2. The first kappa shape index (κ1) is 16.8. The molecule has 0 aliphatic heterocycles. The lowest BCUT2D eigenvalue weighted by Crippen LogP contribution is -2.19. The molecule has 0 saturated carbocycles. The highest BCUT2D eigenvalue weighted by molar-refractivity contribution is 9.10. The Morgan fingerprint density at radius 2 is 2.13 bits per heavy atom. The van der Waals surface area contributed by atoms with E-state index in [9.17, 15) is 9.90 Å². The third kappa shape index (κ3) is 4.69. The number of aromatic hydroxyl groups is 1. The van der Waals surface area contributed by atoms with Crippen LogP contribution in [0.3, 0.4) is 0 Å². The largest absolute Gasteiger partial charge is 0.507 e. The maximum Gasteiger partial charge on any atom is 0.275 e. The normalized spacial score (nSPS) is 10.5. The maximum atomic E-state index is 12.2. The summed E-state index contributed by atoms with van der Waals surface area (Å²) in [5.41, 5.74) is 3.26. The molecule has 0 aliphatic carbocycles. The zero-order valence-electron chi connectivity index (χ0n) is 12.2. The van der Waals surface area contributed by atoms with E-state index < -0.39 is 5.91 Å². The average molecular weight is 375 g/mol. The van der Waals surface area contributed by atoms with Crippen molar-refractivity contribution in [3.05, 3.63) is 70.7 Å². The Morgan fingerprint density at radius 1 is 1.35 bits per heavy atom. The Bertz CT molecular complexity index is 744. The molecule has 0 saturated heterocycles. The van der Waals surface area contributed by atoms with Crippen LogP contribution in [0.25, 0.3) is 0 Å². The van der Waals surface area contributed by atoms with Gasteiger partial charge in [-0.1, -0.05) is 40.7 Å². The number of phenols is 1. The van der Waals surface area contributed by atoms with Crippen LogP contribution >= 0.6 is 15.9 Å². The van der Waals surface area contributed by atoms with Crippen LogP contribution in [0, 0.1) is 0 Å². The summed E-state index contributed by atoms with van der Waals surface area (Å²) in [5.74, 6) is 0.100. The summed E-state index contributed by atoms with van der Waals surface area (Å²) in [6.45, 7) is 3.87. The Morgan fingerprint density at radius 3 is 2.87 bits per heavy atom. The third-order valence-electron chi connectivity index (χ3n) is 2.85. The van der Waals surface area contributed by atoms with E-state index in [2.05, 4.69) is 33.0 Å². The fraction of sp³-hybridized carbons (Fsp3) is 0.0588. The molecule has 23 heavy (non-hydrogen) atoms. The van der Waals surface area contributed by atoms with Crippen molar-refractivity contribution >= 4 is 28.1 Å². The number of carbonyl (C=O) groups excluding carboxylic acids is 1. The SMILES string of the molecule is C=CCOc1ccc(Br)cc1C(=O)N/N=C\c1ccccc1O. The number of nitrogens with zero attached hydrogens (tertiary/aromatic N) is 1. The molecular formula is C17H15BrN2O3. The van der Waals surface area contributed by atoms with Crippen molar-refractivity contribution in [3.8, 4) is 11.5 Å². The van der Waals surface area contributed by atoms with Crippen molar-refractivity contribution in [2.45, 2.75) is 0 Å². The molecule has 0 unspecified atom stereocenters. The number of para-hydroxylation sites is 1. The number of hydrazone groups is 1. The quantitative estimate of drug-likeness (QED) is 0.461. The molecule has 0 bridgehead atoms. The number of halogens is 1. The van der Waals surface area contributed by atoms with Gasteiger partial charge in [0, 0.05) is 10.0 Å². The molecule has 2 N–H and O–H groups in total. The second-order valence-corrected chi connectivity index (χ2v) is 5.41. The second-order valence-electron chi connectivity index (χ2n) is 4.50. The molecule has 2 aromatic rings. The van der Waals surface area contributed by atoms with Gasteiger partial charge in [0.05, 0.1) is 11.8 Å². The van der Waals surface area contributed by atoms with Crippen molar-refractivity contribution in [2.24, 2.45) is 5.10 Å². The van der Waals surface area contributed by atoms with Gasteiger partial charge in [-0.2, -0.15) is 5.10 Å². The minimum atomic E-state index is -0.419. The summed E-state index contributed by atoms with van der Waals surface area (Å²) in [5, 5.41) is 13.5. The Kier molecular flexibility index (Phi) is 5.94. The predicted molar refractivity (Wildman–Crippen MR) is 93.0 cm³/mol. The molecule has 2 aromatic carbocycles. The lowest BCUT2D eigenvalue weighted by molar-refractivity contribution is 0.0951. The zero-order chi connectivity index (χ0) is 16.7. The minimum Gasteiger partial charge on any atom is -0.507 e. The number of hydrogen-bond donors (Lipinski definition) is 2. The van der Waals surface area contributed by atoms with Gasteiger partial charge in [0.25, 0.3) is 5.91 Å². The van der Waals surface area contributed by atoms with Crippen molar-refractivity contribution in [3.63, 3.8) is 0 Å². The first-order chi connectivity index (χ1) is 11.1. The summed E-state index contributed by atoms with van der Waals surface area (Å²) < 4.78 is 6.20. The second kappa shape index (κ2) is 8.14. The van der Waals surface area contributed by atoms with Gasteiger partial charge in [-0.25, -0.2) is 5.43 Å². The molecule has 0 fully saturated rings. The Labute approximate surface area is 142 Å². The highest BCUT2D eigenvalue weighted by Gasteiger charge is 2.12. The van der Waals surface area contributed by atoms with Crippen molar-refractivity contribution in [1.29, 1.82) is 0 Å². The molecule has 0 atom stereocenters. The highest BCUT2D eigenvalue weighted by Crippen LogP contribution is 2.23.